The highest BCUT2D eigenvalue weighted by Gasteiger charge is 2.73. The van der Waals surface area contributed by atoms with Gasteiger partial charge in [0.05, 0.1) is 5.56 Å². The van der Waals surface area contributed by atoms with Gasteiger partial charge >= 0.3 is 11.2 Å². The predicted octanol–water partition coefficient (Wildman–Crippen LogP) is 3.95. The van der Waals surface area contributed by atoms with Crippen molar-refractivity contribution in [1.29, 1.82) is 0 Å². The molecule has 0 radical (unpaired) electrons. The molecule has 2 atom stereocenters. The fourth-order valence-electron chi connectivity index (χ4n) is 1.49. The van der Waals surface area contributed by atoms with Crippen molar-refractivity contribution in [2.75, 3.05) is 0 Å². The smallest absolute Gasteiger partial charge is 0.303 e. The molecule has 0 amide bonds. The van der Waals surface area contributed by atoms with E-state index >= 15 is 0 Å². The normalized spacial score (nSPS) is 29.2. The summed E-state index contributed by atoms with van der Waals surface area (Å²) in [6.07, 6.45) is -7.44. The van der Waals surface area contributed by atoms with Crippen LogP contribution in [0.25, 0.3) is 0 Å². The van der Waals surface area contributed by atoms with Crippen molar-refractivity contribution >= 4 is 11.6 Å². The zero-order chi connectivity index (χ0) is 14.7. The molecular formula is C9HClF8O. The first-order valence-electron chi connectivity index (χ1n) is 4.47. The van der Waals surface area contributed by atoms with Gasteiger partial charge in [0.25, 0.3) is 0 Å². The van der Waals surface area contributed by atoms with Crippen LogP contribution in [0.3, 0.4) is 0 Å². The topological polar surface area (TPSA) is 9.23 Å². The Morgan fingerprint density at radius 3 is 1.47 bits per heavy atom. The molecule has 1 aromatic rings. The molecule has 0 aromatic heterocycles. The fourth-order valence-corrected chi connectivity index (χ4v) is 1.69. The van der Waals surface area contributed by atoms with Crippen LogP contribution in [0.4, 0.5) is 35.1 Å². The van der Waals surface area contributed by atoms with E-state index in [9.17, 15) is 35.1 Å². The van der Waals surface area contributed by atoms with Gasteiger partial charge in [0.2, 0.25) is 5.82 Å². The summed E-state index contributed by atoms with van der Waals surface area (Å²) in [6, 6.07) is 0. The van der Waals surface area contributed by atoms with Crippen molar-refractivity contribution in [1.82, 2.24) is 0 Å². The molecule has 0 bridgehead atoms. The monoisotopic (exact) mass is 312 g/mol. The van der Waals surface area contributed by atoms with Crippen LogP contribution in [0.15, 0.2) is 0 Å². The van der Waals surface area contributed by atoms with Gasteiger partial charge in [-0.1, -0.05) is 11.6 Å². The van der Waals surface area contributed by atoms with Gasteiger partial charge in [-0.05, 0) is 0 Å². The molecule has 1 nitrogen and oxygen atoms in total. The summed E-state index contributed by atoms with van der Waals surface area (Å²) in [6.45, 7) is 0. The average Bonchev–Trinajstić information content (AvgIpc) is 2.33. The Morgan fingerprint density at radius 1 is 0.789 bits per heavy atom. The highest BCUT2D eigenvalue weighted by atomic mass is 35.5. The third-order valence-corrected chi connectivity index (χ3v) is 2.91. The van der Waals surface area contributed by atoms with E-state index in [1.807, 2.05) is 0 Å². The van der Waals surface area contributed by atoms with Crippen molar-refractivity contribution < 1.29 is 39.9 Å². The maximum absolute atomic E-state index is 13.3. The number of ether oxygens (including phenoxy) is 1. The molecule has 1 fully saturated rings. The van der Waals surface area contributed by atoms with Gasteiger partial charge in [-0.3, -0.25) is 0 Å². The van der Waals surface area contributed by atoms with Crippen LogP contribution in [-0.4, -0.2) is 11.2 Å². The molecule has 0 saturated carbocycles. The fraction of sp³-hybridized carbons (Fsp3) is 0.333. The maximum atomic E-state index is 13.3. The second-order valence-corrected chi connectivity index (χ2v) is 4.17. The Bertz CT molecular complexity index is 529. The van der Waals surface area contributed by atoms with E-state index in [4.69, 9.17) is 0 Å². The highest BCUT2D eigenvalue weighted by Crippen LogP contribution is 2.59. The molecule has 0 unspecified atom stereocenters. The quantitative estimate of drug-likeness (QED) is 0.330. The zero-order valence-electron chi connectivity index (χ0n) is 8.39. The van der Waals surface area contributed by atoms with E-state index in [-0.39, 0.29) is 0 Å². The molecule has 2 rings (SSSR count). The van der Waals surface area contributed by atoms with Crippen LogP contribution in [0, 0.1) is 29.1 Å². The number of hydrogen-bond donors (Lipinski definition) is 0. The Morgan fingerprint density at radius 2 is 1.16 bits per heavy atom. The molecule has 1 heterocycles. The third kappa shape index (κ3) is 1.71. The number of rotatable bonds is 1. The highest BCUT2D eigenvalue weighted by molar-refractivity contribution is 6.24. The summed E-state index contributed by atoms with van der Waals surface area (Å²) in [4.78, 5) is 0. The average molecular weight is 313 g/mol. The maximum Gasteiger partial charge on any atom is 0.407 e. The van der Waals surface area contributed by atoms with Gasteiger partial charge in [-0.15, -0.1) is 0 Å². The third-order valence-electron chi connectivity index (χ3n) is 2.49. The van der Waals surface area contributed by atoms with Gasteiger partial charge in [0, 0.05) is 0 Å². The zero-order valence-corrected chi connectivity index (χ0v) is 9.14. The molecule has 1 aliphatic rings. The standard InChI is InChI=1S/C9HClF8O/c10-8(16)7(19-9(8,17)18)1-2(11)4(13)6(15)5(14)3(1)12/h7H/t7-,8+/m1/s1. The molecule has 0 N–H and O–H groups in total. The molecule has 1 saturated heterocycles. The lowest BCUT2D eigenvalue weighted by Gasteiger charge is -2.44. The predicted molar refractivity (Wildman–Crippen MR) is 44.7 cm³/mol. The lowest BCUT2D eigenvalue weighted by molar-refractivity contribution is -0.415. The first-order valence-corrected chi connectivity index (χ1v) is 4.85. The lowest BCUT2D eigenvalue weighted by Crippen LogP contribution is -2.59. The number of benzene rings is 1. The molecular weight excluding hydrogens is 312 g/mol. The van der Waals surface area contributed by atoms with E-state index in [0.717, 1.165) is 0 Å². The Kier molecular flexibility index (Phi) is 2.98. The molecule has 1 aromatic carbocycles. The van der Waals surface area contributed by atoms with E-state index < -0.39 is 52.0 Å². The van der Waals surface area contributed by atoms with Gasteiger partial charge in [0.15, 0.2) is 29.4 Å². The minimum Gasteiger partial charge on any atom is -0.303 e. The largest absolute Gasteiger partial charge is 0.407 e. The van der Waals surface area contributed by atoms with Crippen LogP contribution < -0.4 is 0 Å². The van der Waals surface area contributed by atoms with Crippen LogP contribution in [0.2, 0.25) is 0 Å². The second kappa shape index (κ2) is 3.95. The van der Waals surface area contributed by atoms with Crippen molar-refractivity contribution in [3.05, 3.63) is 34.6 Å². The van der Waals surface area contributed by atoms with E-state index in [1.54, 1.807) is 0 Å². The SMILES string of the molecule is Fc1c(F)c(F)c([C@H]2OC(F)(F)[C@]2(F)Cl)c(F)c1F. The number of hydrogen-bond acceptors (Lipinski definition) is 1. The van der Waals surface area contributed by atoms with Gasteiger partial charge in [-0.2, -0.15) is 8.78 Å². The summed E-state index contributed by atoms with van der Waals surface area (Å²) in [7, 11) is 0. The summed E-state index contributed by atoms with van der Waals surface area (Å²) < 4.78 is 107. The van der Waals surface area contributed by atoms with Crippen LogP contribution in [-0.2, 0) is 4.74 Å². The molecule has 106 valence electrons. The van der Waals surface area contributed by atoms with Crippen molar-refractivity contribution in [3.8, 4) is 0 Å². The Balaban J connectivity index is 2.61. The van der Waals surface area contributed by atoms with Crippen LogP contribution in [0.5, 0.6) is 0 Å². The first-order chi connectivity index (χ1) is 8.52. The molecule has 1 aliphatic heterocycles. The Labute approximate surface area is 104 Å². The summed E-state index contributed by atoms with van der Waals surface area (Å²) in [5.41, 5.74) is -1.89. The van der Waals surface area contributed by atoms with Crippen molar-refractivity contribution in [2.24, 2.45) is 0 Å². The number of halogens is 9. The van der Waals surface area contributed by atoms with Gasteiger partial charge in [0.1, 0.15) is 0 Å². The van der Waals surface area contributed by atoms with Crippen molar-refractivity contribution in [3.63, 3.8) is 0 Å². The molecule has 19 heavy (non-hydrogen) atoms. The lowest BCUT2D eigenvalue weighted by atomic mass is 9.97. The minimum atomic E-state index is -4.61. The van der Waals surface area contributed by atoms with E-state index in [1.165, 1.54) is 0 Å². The Hall–Kier alpha value is -1.09. The second-order valence-electron chi connectivity index (χ2n) is 3.62. The van der Waals surface area contributed by atoms with Gasteiger partial charge in [-0.25, -0.2) is 26.3 Å². The minimum absolute atomic E-state index is 1.89. The molecule has 0 spiro atoms. The number of alkyl halides is 4. The van der Waals surface area contributed by atoms with Gasteiger partial charge < -0.3 is 4.74 Å². The molecule has 0 aliphatic carbocycles. The van der Waals surface area contributed by atoms with Crippen molar-refractivity contribution in [2.45, 2.75) is 17.3 Å². The van der Waals surface area contributed by atoms with E-state index in [0.29, 0.717) is 0 Å². The van der Waals surface area contributed by atoms with E-state index in [2.05, 4.69) is 16.3 Å². The summed E-state index contributed by atoms with van der Waals surface area (Å²) >= 11 is 4.67. The summed E-state index contributed by atoms with van der Waals surface area (Å²) in [5.74, 6) is -12.3. The van der Waals surface area contributed by atoms with Crippen LogP contribution >= 0.6 is 11.6 Å². The van der Waals surface area contributed by atoms with Crippen LogP contribution in [0.1, 0.15) is 11.7 Å². The summed E-state index contributed by atoms with van der Waals surface area (Å²) in [5, 5.41) is -4.12. The molecule has 10 heteroatoms. The first kappa shape index (κ1) is 14.3.